The van der Waals surface area contributed by atoms with Crippen LogP contribution in [0.5, 0.6) is 0 Å². The molecule has 112 valence electrons. The zero-order valence-corrected chi connectivity index (χ0v) is 11.5. The maximum Gasteiger partial charge on any atom is 0.416 e. The van der Waals surface area contributed by atoms with Crippen molar-refractivity contribution < 1.29 is 18.0 Å². The molecule has 0 unspecified atom stereocenters. The Bertz CT molecular complexity index is 585. The van der Waals surface area contributed by atoms with Crippen LogP contribution in [0.3, 0.4) is 0 Å². The Hall–Kier alpha value is -2.08. The molecule has 1 amide bonds. The predicted octanol–water partition coefficient (Wildman–Crippen LogP) is 3.45. The first-order chi connectivity index (χ1) is 9.47. The van der Waals surface area contributed by atoms with E-state index in [9.17, 15) is 18.0 Å². The molecule has 0 atom stereocenters. The summed E-state index contributed by atoms with van der Waals surface area (Å²) in [7, 11) is 0. The highest BCUT2D eigenvalue weighted by atomic mass is 35.5. The monoisotopic (exact) mass is 316 g/mol. The zero-order valence-electron chi connectivity index (χ0n) is 10.7. The van der Waals surface area contributed by atoms with Gasteiger partial charge in [-0.15, -0.1) is 12.4 Å². The van der Waals surface area contributed by atoms with Gasteiger partial charge in [-0.1, -0.05) is 0 Å². The summed E-state index contributed by atoms with van der Waals surface area (Å²) in [6, 6.07) is 7.58. The Morgan fingerprint density at radius 1 is 1.05 bits per heavy atom. The molecule has 7 heteroatoms. The number of halogens is 4. The fourth-order valence-corrected chi connectivity index (χ4v) is 1.60. The van der Waals surface area contributed by atoms with Gasteiger partial charge in [-0.3, -0.25) is 9.78 Å². The molecule has 0 fully saturated rings. The Morgan fingerprint density at radius 3 is 2.14 bits per heavy atom. The molecule has 1 heterocycles. The molecule has 0 bridgehead atoms. The number of alkyl halides is 3. The third-order valence-electron chi connectivity index (χ3n) is 2.68. The van der Waals surface area contributed by atoms with Crippen molar-refractivity contribution in [2.45, 2.75) is 12.7 Å². The van der Waals surface area contributed by atoms with E-state index in [1.165, 1.54) is 0 Å². The van der Waals surface area contributed by atoms with Gasteiger partial charge in [-0.05, 0) is 42.0 Å². The van der Waals surface area contributed by atoms with Crippen LogP contribution in [0.1, 0.15) is 21.5 Å². The van der Waals surface area contributed by atoms with Crippen molar-refractivity contribution in [1.29, 1.82) is 0 Å². The first-order valence-corrected chi connectivity index (χ1v) is 5.81. The second kappa shape index (κ2) is 7.08. The van der Waals surface area contributed by atoms with Gasteiger partial charge in [0.25, 0.3) is 5.91 Å². The van der Waals surface area contributed by atoms with Crippen molar-refractivity contribution in [3.63, 3.8) is 0 Å². The van der Waals surface area contributed by atoms with Gasteiger partial charge < -0.3 is 5.32 Å². The first kappa shape index (κ1) is 17.0. The minimum atomic E-state index is -4.40. The zero-order chi connectivity index (χ0) is 14.6. The van der Waals surface area contributed by atoms with E-state index in [2.05, 4.69) is 10.3 Å². The molecule has 0 spiro atoms. The smallest absolute Gasteiger partial charge is 0.348 e. The summed E-state index contributed by atoms with van der Waals surface area (Å²) in [6.45, 7) is 0.294. The standard InChI is InChI=1S/C14H11F3N2O.ClH/c15-14(16,17)12-3-1-11(2-4-12)13(20)19-9-10-5-7-18-8-6-10;/h1-8H,9H2,(H,19,20);1H. The van der Waals surface area contributed by atoms with Crippen LogP contribution in [0.4, 0.5) is 13.2 Å². The number of carbonyl (C=O) groups is 1. The number of carbonyl (C=O) groups excluding carboxylic acids is 1. The van der Waals surface area contributed by atoms with Crippen LogP contribution in [-0.4, -0.2) is 10.9 Å². The number of nitrogens with one attached hydrogen (secondary N) is 1. The highest BCUT2D eigenvalue weighted by Crippen LogP contribution is 2.29. The normalized spacial score (nSPS) is 10.6. The van der Waals surface area contributed by atoms with Crippen molar-refractivity contribution in [3.8, 4) is 0 Å². The van der Waals surface area contributed by atoms with E-state index in [0.717, 1.165) is 29.8 Å². The Morgan fingerprint density at radius 2 is 1.62 bits per heavy atom. The lowest BCUT2D eigenvalue weighted by atomic mass is 10.1. The molecule has 0 saturated carbocycles. The van der Waals surface area contributed by atoms with Crippen LogP contribution in [-0.2, 0) is 12.7 Å². The number of hydrogen-bond donors (Lipinski definition) is 1. The molecule has 1 aromatic carbocycles. The van der Waals surface area contributed by atoms with Crippen molar-refractivity contribution in [2.24, 2.45) is 0 Å². The average Bonchev–Trinajstić information content (AvgIpc) is 2.45. The van der Waals surface area contributed by atoms with Crippen LogP contribution in [0.2, 0.25) is 0 Å². The van der Waals surface area contributed by atoms with E-state index >= 15 is 0 Å². The molecule has 0 radical (unpaired) electrons. The number of pyridine rings is 1. The summed E-state index contributed by atoms with van der Waals surface area (Å²) < 4.78 is 37.2. The number of benzene rings is 1. The van der Waals surface area contributed by atoms with E-state index < -0.39 is 17.6 Å². The maximum absolute atomic E-state index is 12.4. The van der Waals surface area contributed by atoms with Gasteiger partial charge in [-0.25, -0.2) is 0 Å². The van der Waals surface area contributed by atoms with E-state index in [-0.39, 0.29) is 18.0 Å². The van der Waals surface area contributed by atoms with Gasteiger partial charge in [0.15, 0.2) is 0 Å². The van der Waals surface area contributed by atoms with Gasteiger partial charge in [0.1, 0.15) is 0 Å². The molecule has 1 aromatic heterocycles. The van der Waals surface area contributed by atoms with E-state index in [4.69, 9.17) is 0 Å². The van der Waals surface area contributed by atoms with E-state index in [0.29, 0.717) is 6.54 Å². The molecule has 0 saturated heterocycles. The second-order valence-electron chi connectivity index (χ2n) is 4.11. The fourth-order valence-electron chi connectivity index (χ4n) is 1.60. The summed E-state index contributed by atoms with van der Waals surface area (Å²) in [5, 5.41) is 2.63. The minimum absolute atomic E-state index is 0. The summed E-state index contributed by atoms with van der Waals surface area (Å²) in [5.41, 5.74) is 0.274. The number of nitrogens with zero attached hydrogens (tertiary/aromatic N) is 1. The van der Waals surface area contributed by atoms with Gasteiger partial charge in [0.05, 0.1) is 5.56 Å². The fraction of sp³-hybridized carbons (Fsp3) is 0.143. The molecular weight excluding hydrogens is 305 g/mol. The third kappa shape index (κ3) is 4.75. The topological polar surface area (TPSA) is 42.0 Å². The highest BCUT2D eigenvalue weighted by Gasteiger charge is 2.30. The van der Waals surface area contributed by atoms with Crippen molar-refractivity contribution in [2.75, 3.05) is 0 Å². The largest absolute Gasteiger partial charge is 0.416 e. The van der Waals surface area contributed by atoms with Crippen LogP contribution in [0.25, 0.3) is 0 Å². The number of aromatic nitrogens is 1. The van der Waals surface area contributed by atoms with Gasteiger partial charge in [0.2, 0.25) is 0 Å². The molecule has 21 heavy (non-hydrogen) atoms. The van der Waals surface area contributed by atoms with Crippen LogP contribution in [0.15, 0.2) is 48.8 Å². The number of amides is 1. The number of rotatable bonds is 3. The van der Waals surface area contributed by atoms with E-state index in [1.54, 1.807) is 24.5 Å². The Kier molecular flexibility index (Phi) is 5.72. The quantitative estimate of drug-likeness (QED) is 0.942. The summed E-state index contributed by atoms with van der Waals surface area (Å²) in [4.78, 5) is 15.6. The lowest BCUT2D eigenvalue weighted by molar-refractivity contribution is -0.137. The van der Waals surface area contributed by atoms with Crippen molar-refractivity contribution in [1.82, 2.24) is 10.3 Å². The average molecular weight is 317 g/mol. The van der Waals surface area contributed by atoms with Crippen LogP contribution >= 0.6 is 12.4 Å². The Balaban J connectivity index is 0.00000220. The van der Waals surface area contributed by atoms with E-state index in [1.807, 2.05) is 0 Å². The second-order valence-corrected chi connectivity index (χ2v) is 4.11. The summed E-state index contributed by atoms with van der Waals surface area (Å²) >= 11 is 0. The van der Waals surface area contributed by atoms with Crippen LogP contribution in [0, 0.1) is 0 Å². The first-order valence-electron chi connectivity index (χ1n) is 5.81. The van der Waals surface area contributed by atoms with Crippen LogP contribution < -0.4 is 5.32 Å². The molecule has 2 rings (SSSR count). The summed E-state index contributed by atoms with van der Waals surface area (Å²) in [5.74, 6) is -0.421. The lowest BCUT2D eigenvalue weighted by Gasteiger charge is -2.08. The maximum atomic E-state index is 12.4. The molecular formula is C14H12ClF3N2O. The lowest BCUT2D eigenvalue weighted by Crippen LogP contribution is -2.22. The van der Waals surface area contributed by atoms with Crippen molar-refractivity contribution in [3.05, 3.63) is 65.5 Å². The third-order valence-corrected chi connectivity index (χ3v) is 2.68. The molecule has 0 aliphatic rings. The molecule has 1 N–H and O–H groups in total. The van der Waals surface area contributed by atoms with Gasteiger partial charge in [-0.2, -0.15) is 13.2 Å². The molecule has 3 nitrogen and oxygen atoms in total. The number of hydrogen-bond acceptors (Lipinski definition) is 2. The SMILES string of the molecule is Cl.O=C(NCc1ccncc1)c1ccc(C(F)(F)F)cc1. The van der Waals surface area contributed by atoms with Gasteiger partial charge >= 0.3 is 6.18 Å². The van der Waals surface area contributed by atoms with Crippen molar-refractivity contribution >= 4 is 18.3 Å². The summed E-state index contributed by atoms with van der Waals surface area (Å²) in [6.07, 6.45) is -1.20. The Labute approximate surface area is 125 Å². The molecule has 0 aliphatic carbocycles. The predicted molar refractivity (Wildman–Crippen MR) is 74.1 cm³/mol. The molecule has 2 aromatic rings. The molecule has 0 aliphatic heterocycles. The minimum Gasteiger partial charge on any atom is -0.348 e. The van der Waals surface area contributed by atoms with Gasteiger partial charge in [0, 0.05) is 24.5 Å². The highest BCUT2D eigenvalue weighted by molar-refractivity contribution is 5.94.